The predicted molar refractivity (Wildman–Crippen MR) is 74.5 cm³/mol. The van der Waals surface area contributed by atoms with Gasteiger partial charge in [-0.25, -0.2) is 0 Å². The van der Waals surface area contributed by atoms with Crippen LogP contribution in [0.4, 0.5) is 0 Å². The van der Waals surface area contributed by atoms with Gasteiger partial charge >= 0.3 is 0 Å². The van der Waals surface area contributed by atoms with Crippen molar-refractivity contribution in [2.24, 2.45) is 5.73 Å². The fourth-order valence-electron chi connectivity index (χ4n) is 2.19. The Labute approximate surface area is 110 Å². The number of likely N-dealkylation sites (N-methyl/N-ethyl adjacent to an activating group) is 1. The van der Waals surface area contributed by atoms with E-state index in [1.165, 1.54) is 24.0 Å². The Morgan fingerprint density at radius 2 is 2.00 bits per heavy atom. The van der Waals surface area contributed by atoms with Crippen molar-refractivity contribution in [3.05, 3.63) is 35.4 Å². The zero-order valence-corrected chi connectivity index (χ0v) is 11.3. The SMILES string of the molecule is CN(CCOCc1ccccc1CCN)C1CC1. The van der Waals surface area contributed by atoms with E-state index >= 15 is 0 Å². The Hall–Kier alpha value is -0.900. The first kappa shape index (κ1) is 13.5. The van der Waals surface area contributed by atoms with Crippen LogP contribution in [0.15, 0.2) is 24.3 Å². The Kier molecular flexibility index (Phi) is 5.17. The minimum atomic E-state index is 0.696. The number of hydrogen-bond donors (Lipinski definition) is 1. The van der Waals surface area contributed by atoms with Crippen molar-refractivity contribution in [2.45, 2.75) is 31.9 Å². The smallest absolute Gasteiger partial charge is 0.0720 e. The lowest BCUT2D eigenvalue weighted by Gasteiger charge is -2.16. The molecule has 0 radical (unpaired) electrons. The van der Waals surface area contributed by atoms with Gasteiger partial charge in [0, 0.05) is 12.6 Å². The molecule has 0 bridgehead atoms. The van der Waals surface area contributed by atoms with Crippen LogP contribution in [0, 0.1) is 0 Å². The highest BCUT2D eigenvalue weighted by atomic mass is 16.5. The predicted octanol–water partition coefficient (Wildman–Crippen LogP) is 1.80. The molecule has 1 aliphatic rings. The van der Waals surface area contributed by atoms with E-state index in [9.17, 15) is 0 Å². The van der Waals surface area contributed by atoms with Crippen molar-refractivity contribution in [1.29, 1.82) is 0 Å². The van der Waals surface area contributed by atoms with E-state index in [-0.39, 0.29) is 0 Å². The molecule has 1 aromatic rings. The molecule has 100 valence electrons. The van der Waals surface area contributed by atoms with E-state index < -0.39 is 0 Å². The molecular weight excluding hydrogens is 224 g/mol. The quantitative estimate of drug-likeness (QED) is 0.713. The van der Waals surface area contributed by atoms with Crippen LogP contribution in [0.5, 0.6) is 0 Å². The van der Waals surface area contributed by atoms with Crippen molar-refractivity contribution < 1.29 is 4.74 Å². The lowest BCUT2D eigenvalue weighted by atomic mass is 10.1. The van der Waals surface area contributed by atoms with Crippen LogP contribution in [0.3, 0.4) is 0 Å². The van der Waals surface area contributed by atoms with Crippen LogP contribution >= 0.6 is 0 Å². The van der Waals surface area contributed by atoms with E-state index in [4.69, 9.17) is 10.5 Å². The standard InChI is InChI=1S/C15H24N2O/c1-17(15-6-7-15)10-11-18-12-14-5-3-2-4-13(14)8-9-16/h2-5,15H,6-12,16H2,1H3. The van der Waals surface area contributed by atoms with E-state index in [1.807, 2.05) is 0 Å². The van der Waals surface area contributed by atoms with Crippen molar-refractivity contribution in [1.82, 2.24) is 4.90 Å². The van der Waals surface area contributed by atoms with Crippen molar-refractivity contribution in [3.63, 3.8) is 0 Å². The second-order valence-electron chi connectivity index (χ2n) is 5.07. The second kappa shape index (κ2) is 6.88. The van der Waals surface area contributed by atoms with Crippen LogP contribution in [-0.4, -0.2) is 37.7 Å². The van der Waals surface area contributed by atoms with Crippen molar-refractivity contribution in [3.8, 4) is 0 Å². The maximum atomic E-state index is 5.77. The van der Waals surface area contributed by atoms with Crippen LogP contribution in [0.2, 0.25) is 0 Å². The van der Waals surface area contributed by atoms with E-state index in [2.05, 4.69) is 36.2 Å². The van der Waals surface area contributed by atoms with Gasteiger partial charge in [0.1, 0.15) is 0 Å². The number of nitrogens with zero attached hydrogens (tertiary/aromatic N) is 1. The summed E-state index contributed by atoms with van der Waals surface area (Å²) in [7, 11) is 2.18. The molecule has 1 aliphatic carbocycles. The minimum absolute atomic E-state index is 0.696. The summed E-state index contributed by atoms with van der Waals surface area (Å²) in [5, 5.41) is 0. The fraction of sp³-hybridized carbons (Fsp3) is 0.600. The molecule has 1 aromatic carbocycles. The number of benzene rings is 1. The molecule has 0 saturated heterocycles. The van der Waals surface area contributed by atoms with Gasteiger partial charge in [-0.15, -0.1) is 0 Å². The van der Waals surface area contributed by atoms with E-state index in [1.54, 1.807) is 0 Å². The first-order valence-electron chi connectivity index (χ1n) is 6.86. The molecular formula is C15H24N2O. The van der Waals surface area contributed by atoms with Crippen LogP contribution in [0.25, 0.3) is 0 Å². The number of hydrogen-bond acceptors (Lipinski definition) is 3. The van der Waals surface area contributed by atoms with Gasteiger partial charge in [0.15, 0.2) is 0 Å². The van der Waals surface area contributed by atoms with Crippen molar-refractivity contribution in [2.75, 3.05) is 26.7 Å². The highest BCUT2D eigenvalue weighted by Gasteiger charge is 2.25. The molecule has 1 saturated carbocycles. The summed E-state index contributed by atoms with van der Waals surface area (Å²) in [6.07, 6.45) is 3.65. The van der Waals surface area contributed by atoms with Crippen LogP contribution in [0.1, 0.15) is 24.0 Å². The molecule has 1 fully saturated rings. The maximum absolute atomic E-state index is 5.77. The third-order valence-electron chi connectivity index (χ3n) is 3.55. The number of ether oxygens (including phenoxy) is 1. The third kappa shape index (κ3) is 4.09. The van der Waals surface area contributed by atoms with Gasteiger partial charge in [-0.1, -0.05) is 24.3 Å². The zero-order chi connectivity index (χ0) is 12.8. The molecule has 0 atom stereocenters. The molecule has 0 heterocycles. The van der Waals surface area contributed by atoms with E-state index in [0.717, 1.165) is 25.6 Å². The Bertz CT molecular complexity index is 363. The first-order chi connectivity index (χ1) is 8.81. The number of nitrogens with two attached hydrogens (primary N) is 1. The third-order valence-corrected chi connectivity index (χ3v) is 3.55. The highest BCUT2D eigenvalue weighted by Crippen LogP contribution is 2.24. The summed E-state index contributed by atoms with van der Waals surface area (Å²) in [5.74, 6) is 0. The average Bonchev–Trinajstić information content (AvgIpc) is 3.21. The molecule has 0 amide bonds. The largest absolute Gasteiger partial charge is 0.375 e. The molecule has 18 heavy (non-hydrogen) atoms. The highest BCUT2D eigenvalue weighted by molar-refractivity contribution is 5.26. The summed E-state index contributed by atoms with van der Waals surface area (Å²) in [4.78, 5) is 2.39. The second-order valence-corrected chi connectivity index (χ2v) is 5.07. The van der Waals surface area contributed by atoms with Gasteiger partial charge in [-0.3, -0.25) is 0 Å². The summed E-state index contributed by atoms with van der Waals surface area (Å²) in [5.41, 5.74) is 8.21. The summed E-state index contributed by atoms with van der Waals surface area (Å²) >= 11 is 0. The molecule has 0 spiro atoms. The Morgan fingerprint density at radius 1 is 1.28 bits per heavy atom. The fourth-order valence-corrected chi connectivity index (χ4v) is 2.19. The molecule has 3 heteroatoms. The summed E-state index contributed by atoms with van der Waals surface area (Å²) in [6.45, 7) is 3.24. The van der Waals surface area contributed by atoms with Gasteiger partial charge in [0.05, 0.1) is 13.2 Å². The van der Waals surface area contributed by atoms with Crippen molar-refractivity contribution >= 4 is 0 Å². The minimum Gasteiger partial charge on any atom is -0.375 e. The maximum Gasteiger partial charge on any atom is 0.0720 e. The Balaban J connectivity index is 1.71. The van der Waals surface area contributed by atoms with Gasteiger partial charge in [0.2, 0.25) is 0 Å². The zero-order valence-electron chi connectivity index (χ0n) is 11.3. The average molecular weight is 248 g/mol. The number of rotatable bonds is 8. The molecule has 0 unspecified atom stereocenters. The van der Waals surface area contributed by atoms with Gasteiger partial charge < -0.3 is 15.4 Å². The summed E-state index contributed by atoms with van der Waals surface area (Å²) < 4.78 is 5.77. The molecule has 2 N–H and O–H groups in total. The molecule has 0 aliphatic heterocycles. The van der Waals surface area contributed by atoms with Gasteiger partial charge in [-0.2, -0.15) is 0 Å². The van der Waals surface area contributed by atoms with Crippen LogP contribution < -0.4 is 5.73 Å². The van der Waals surface area contributed by atoms with Gasteiger partial charge in [0.25, 0.3) is 0 Å². The first-order valence-corrected chi connectivity index (χ1v) is 6.86. The Morgan fingerprint density at radius 3 is 2.67 bits per heavy atom. The molecule has 2 rings (SSSR count). The summed E-state index contributed by atoms with van der Waals surface area (Å²) in [6, 6.07) is 9.22. The van der Waals surface area contributed by atoms with Gasteiger partial charge in [-0.05, 0) is 44.0 Å². The van der Waals surface area contributed by atoms with E-state index in [0.29, 0.717) is 13.2 Å². The normalized spacial score (nSPS) is 15.3. The molecule has 0 aromatic heterocycles. The lowest BCUT2D eigenvalue weighted by Crippen LogP contribution is -2.25. The lowest BCUT2D eigenvalue weighted by molar-refractivity contribution is 0.0974. The topological polar surface area (TPSA) is 38.5 Å². The monoisotopic (exact) mass is 248 g/mol. The molecule has 3 nitrogen and oxygen atoms in total. The van der Waals surface area contributed by atoms with Crippen LogP contribution in [-0.2, 0) is 17.8 Å².